The number of aryl methyl sites for hydroxylation is 2. The Morgan fingerprint density at radius 1 is 1.12 bits per heavy atom. The van der Waals surface area contributed by atoms with Gasteiger partial charge in [0.15, 0.2) is 0 Å². The molecule has 0 atom stereocenters. The van der Waals surface area contributed by atoms with Crippen LogP contribution in [0.25, 0.3) is 10.9 Å². The summed E-state index contributed by atoms with van der Waals surface area (Å²) < 4.78 is 17.0. The topological polar surface area (TPSA) is 22.8 Å². The van der Waals surface area contributed by atoms with Crippen LogP contribution < -0.4 is 0 Å². The van der Waals surface area contributed by atoms with E-state index < -0.39 is 0 Å². The molecule has 0 saturated heterocycles. The smallest absolute Gasteiger partial charge is 0.123 e. The van der Waals surface area contributed by atoms with Crippen LogP contribution in [0, 0.1) is 5.82 Å². The van der Waals surface area contributed by atoms with E-state index in [1.54, 1.807) is 12.3 Å². The lowest BCUT2D eigenvalue weighted by Gasteiger charge is -2.05. The SMILES string of the molecule is Fc1ccc2c(ccn2CCn2cccn2)c1. The second kappa shape index (κ2) is 4.05. The quantitative estimate of drug-likeness (QED) is 0.677. The largest absolute Gasteiger partial charge is 0.346 e. The zero-order valence-corrected chi connectivity index (χ0v) is 9.25. The molecule has 4 heteroatoms. The van der Waals surface area contributed by atoms with Gasteiger partial charge in [0.05, 0.1) is 6.54 Å². The van der Waals surface area contributed by atoms with Crippen molar-refractivity contribution >= 4 is 10.9 Å². The molecule has 0 saturated carbocycles. The fourth-order valence-corrected chi connectivity index (χ4v) is 2.01. The summed E-state index contributed by atoms with van der Waals surface area (Å²) in [6.45, 7) is 1.64. The molecule has 0 spiro atoms. The summed E-state index contributed by atoms with van der Waals surface area (Å²) in [5.74, 6) is -0.192. The molecule has 3 rings (SSSR count). The van der Waals surface area contributed by atoms with Crippen LogP contribution in [0.3, 0.4) is 0 Å². The number of hydrogen-bond acceptors (Lipinski definition) is 1. The van der Waals surface area contributed by atoms with Gasteiger partial charge in [-0.1, -0.05) is 0 Å². The Kier molecular flexibility index (Phi) is 2.40. The van der Waals surface area contributed by atoms with Crippen molar-refractivity contribution in [2.45, 2.75) is 13.1 Å². The maximum atomic E-state index is 13.0. The summed E-state index contributed by atoms with van der Waals surface area (Å²) in [6, 6.07) is 8.70. The lowest BCUT2D eigenvalue weighted by molar-refractivity contribution is 0.542. The number of halogens is 1. The molecule has 86 valence electrons. The van der Waals surface area contributed by atoms with Crippen molar-refractivity contribution in [3.8, 4) is 0 Å². The van der Waals surface area contributed by atoms with Crippen molar-refractivity contribution in [3.63, 3.8) is 0 Å². The van der Waals surface area contributed by atoms with E-state index in [2.05, 4.69) is 9.67 Å². The normalized spacial score (nSPS) is 11.1. The van der Waals surface area contributed by atoms with Crippen LogP contribution in [0.5, 0.6) is 0 Å². The molecule has 0 fully saturated rings. The van der Waals surface area contributed by atoms with Gasteiger partial charge in [-0.3, -0.25) is 4.68 Å². The predicted molar refractivity (Wildman–Crippen MR) is 64.1 cm³/mol. The molecule has 0 radical (unpaired) electrons. The third-order valence-electron chi connectivity index (χ3n) is 2.86. The Morgan fingerprint density at radius 3 is 2.88 bits per heavy atom. The third kappa shape index (κ3) is 1.93. The molecular formula is C13H12FN3. The molecule has 3 aromatic rings. The molecule has 0 aliphatic carbocycles. The van der Waals surface area contributed by atoms with Gasteiger partial charge in [-0.05, 0) is 30.3 Å². The summed E-state index contributed by atoms with van der Waals surface area (Å²) >= 11 is 0. The van der Waals surface area contributed by atoms with E-state index in [1.807, 2.05) is 35.3 Å². The highest BCUT2D eigenvalue weighted by molar-refractivity contribution is 5.80. The van der Waals surface area contributed by atoms with Gasteiger partial charge in [0.2, 0.25) is 0 Å². The lowest BCUT2D eigenvalue weighted by atomic mass is 10.2. The van der Waals surface area contributed by atoms with Gasteiger partial charge in [0, 0.05) is 36.0 Å². The second-order valence-corrected chi connectivity index (χ2v) is 3.98. The van der Waals surface area contributed by atoms with Crippen LogP contribution in [0.1, 0.15) is 0 Å². The first-order valence-electron chi connectivity index (χ1n) is 5.55. The minimum Gasteiger partial charge on any atom is -0.346 e. The van der Waals surface area contributed by atoms with Gasteiger partial charge in [-0.2, -0.15) is 5.10 Å². The average Bonchev–Trinajstić information content (AvgIpc) is 2.94. The molecule has 0 aliphatic rings. The molecule has 2 aromatic heterocycles. The van der Waals surface area contributed by atoms with Gasteiger partial charge in [-0.15, -0.1) is 0 Å². The minimum absolute atomic E-state index is 0.192. The zero-order chi connectivity index (χ0) is 11.7. The highest BCUT2D eigenvalue weighted by Crippen LogP contribution is 2.17. The van der Waals surface area contributed by atoms with Crippen molar-refractivity contribution in [1.29, 1.82) is 0 Å². The van der Waals surface area contributed by atoms with Crippen molar-refractivity contribution in [1.82, 2.24) is 14.3 Å². The van der Waals surface area contributed by atoms with Crippen molar-refractivity contribution < 1.29 is 4.39 Å². The van der Waals surface area contributed by atoms with Gasteiger partial charge < -0.3 is 4.57 Å². The van der Waals surface area contributed by atoms with E-state index in [0.717, 1.165) is 24.0 Å². The third-order valence-corrected chi connectivity index (χ3v) is 2.86. The van der Waals surface area contributed by atoms with Crippen molar-refractivity contribution in [2.24, 2.45) is 0 Å². The lowest BCUT2D eigenvalue weighted by Crippen LogP contribution is -2.06. The van der Waals surface area contributed by atoms with Crippen LogP contribution in [-0.2, 0) is 13.1 Å². The fourth-order valence-electron chi connectivity index (χ4n) is 2.01. The molecule has 1 aromatic carbocycles. The molecule has 0 aliphatic heterocycles. The van der Waals surface area contributed by atoms with Gasteiger partial charge in [0.25, 0.3) is 0 Å². The zero-order valence-electron chi connectivity index (χ0n) is 9.25. The van der Waals surface area contributed by atoms with E-state index >= 15 is 0 Å². The maximum Gasteiger partial charge on any atom is 0.123 e. The second-order valence-electron chi connectivity index (χ2n) is 3.98. The molecule has 3 nitrogen and oxygen atoms in total. The van der Waals surface area contributed by atoms with Gasteiger partial charge >= 0.3 is 0 Å². The standard InChI is InChI=1S/C13H12FN3/c14-12-2-3-13-11(10-12)4-7-16(13)8-9-17-6-1-5-15-17/h1-7,10H,8-9H2. The Bertz CT molecular complexity index is 625. The Labute approximate surface area is 98.1 Å². The first-order valence-corrected chi connectivity index (χ1v) is 5.55. The van der Waals surface area contributed by atoms with Crippen LogP contribution in [-0.4, -0.2) is 14.3 Å². The summed E-state index contributed by atoms with van der Waals surface area (Å²) in [5.41, 5.74) is 1.05. The van der Waals surface area contributed by atoms with Crippen LogP contribution in [0.15, 0.2) is 48.9 Å². The number of hydrogen-bond donors (Lipinski definition) is 0. The minimum atomic E-state index is -0.192. The van der Waals surface area contributed by atoms with Crippen molar-refractivity contribution in [2.75, 3.05) is 0 Å². The number of rotatable bonds is 3. The number of benzene rings is 1. The molecule has 0 unspecified atom stereocenters. The summed E-state index contributed by atoms with van der Waals surface area (Å²) in [4.78, 5) is 0. The van der Waals surface area contributed by atoms with E-state index in [4.69, 9.17) is 0 Å². The first kappa shape index (κ1) is 10.1. The molecule has 0 bridgehead atoms. The number of aromatic nitrogens is 3. The average molecular weight is 229 g/mol. The van der Waals surface area contributed by atoms with Gasteiger partial charge in [0.1, 0.15) is 5.82 Å². The van der Waals surface area contributed by atoms with E-state index in [-0.39, 0.29) is 5.82 Å². The molecule has 17 heavy (non-hydrogen) atoms. The van der Waals surface area contributed by atoms with Crippen LogP contribution >= 0.6 is 0 Å². The monoisotopic (exact) mass is 229 g/mol. The van der Waals surface area contributed by atoms with E-state index in [9.17, 15) is 4.39 Å². The molecular weight excluding hydrogens is 217 g/mol. The molecule has 0 amide bonds. The molecule has 0 N–H and O–H groups in total. The Morgan fingerprint density at radius 2 is 2.06 bits per heavy atom. The van der Waals surface area contributed by atoms with E-state index in [1.165, 1.54) is 6.07 Å². The summed E-state index contributed by atoms with van der Waals surface area (Å²) in [6.07, 6.45) is 5.68. The Hall–Kier alpha value is -2.10. The molecule has 2 heterocycles. The highest BCUT2D eigenvalue weighted by Gasteiger charge is 2.02. The Balaban J connectivity index is 1.86. The maximum absolute atomic E-state index is 13.0. The summed E-state index contributed by atoms with van der Waals surface area (Å²) in [7, 11) is 0. The number of fused-ring (bicyclic) bond motifs is 1. The van der Waals surface area contributed by atoms with Crippen LogP contribution in [0.4, 0.5) is 4.39 Å². The van der Waals surface area contributed by atoms with Gasteiger partial charge in [-0.25, -0.2) is 4.39 Å². The van der Waals surface area contributed by atoms with E-state index in [0.29, 0.717) is 0 Å². The summed E-state index contributed by atoms with van der Waals surface area (Å²) in [5, 5.41) is 5.09. The number of nitrogens with zero attached hydrogens (tertiary/aromatic N) is 3. The predicted octanol–water partition coefficient (Wildman–Crippen LogP) is 2.68. The van der Waals surface area contributed by atoms with Crippen molar-refractivity contribution in [3.05, 3.63) is 54.7 Å². The van der Waals surface area contributed by atoms with Crippen LogP contribution in [0.2, 0.25) is 0 Å². The highest BCUT2D eigenvalue weighted by atomic mass is 19.1. The first-order chi connectivity index (χ1) is 8.33. The fraction of sp³-hybridized carbons (Fsp3) is 0.154.